The second kappa shape index (κ2) is 11.3. The highest BCUT2D eigenvalue weighted by Crippen LogP contribution is 2.31. The van der Waals surface area contributed by atoms with E-state index in [2.05, 4.69) is 36.1 Å². The molecule has 7 nitrogen and oxygen atoms in total. The minimum atomic E-state index is 0.149. The summed E-state index contributed by atoms with van der Waals surface area (Å²) in [6.45, 7) is 5.31. The molecule has 0 aliphatic carbocycles. The molecule has 1 heterocycles. The second-order valence-corrected chi connectivity index (χ2v) is 8.05. The van der Waals surface area contributed by atoms with Crippen LogP contribution in [0.5, 0.6) is 11.5 Å². The van der Waals surface area contributed by atoms with Gasteiger partial charge in [-0.3, -0.25) is 4.79 Å². The number of methoxy groups -OCH3 is 2. The van der Waals surface area contributed by atoms with E-state index in [1.165, 1.54) is 5.56 Å². The Morgan fingerprint density at radius 2 is 1.72 bits per heavy atom. The Labute approximate surface area is 189 Å². The van der Waals surface area contributed by atoms with Crippen molar-refractivity contribution in [3.05, 3.63) is 60.0 Å². The molecule has 0 fully saturated rings. The second-order valence-electron chi connectivity index (χ2n) is 8.05. The van der Waals surface area contributed by atoms with Crippen LogP contribution in [-0.2, 0) is 17.6 Å². The molecule has 0 spiro atoms. The van der Waals surface area contributed by atoms with Crippen molar-refractivity contribution in [2.75, 3.05) is 27.3 Å². The highest BCUT2D eigenvalue weighted by atomic mass is 16.5. The van der Waals surface area contributed by atoms with Crippen molar-refractivity contribution >= 4 is 5.91 Å². The summed E-state index contributed by atoms with van der Waals surface area (Å²) in [6.07, 6.45) is 1.83. The Balaban J connectivity index is 1.66. The van der Waals surface area contributed by atoms with E-state index in [1.807, 2.05) is 35.2 Å². The summed E-state index contributed by atoms with van der Waals surface area (Å²) in [5.74, 6) is 2.67. The number of ether oxygens (including phenoxy) is 2. The third-order valence-electron chi connectivity index (χ3n) is 5.15. The van der Waals surface area contributed by atoms with Gasteiger partial charge in [0.2, 0.25) is 17.6 Å². The van der Waals surface area contributed by atoms with Crippen LogP contribution in [0.25, 0.3) is 11.4 Å². The molecule has 3 aromatic rings. The lowest BCUT2D eigenvalue weighted by Gasteiger charge is -2.23. The van der Waals surface area contributed by atoms with E-state index in [1.54, 1.807) is 20.3 Å². The Bertz CT molecular complexity index is 1000. The van der Waals surface area contributed by atoms with Gasteiger partial charge >= 0.3 is 0 Å². The third kappa shape index (κ3) is 6.33. The molecule has 2 aromatic carbocycles. The van der Waals surface area contributed by atoms with E-state index >= 15 is 0 Å². The minimum Gasteiger partial charge on any atom is -0.493 e. The molecule has 0 saturated carbocycles. The van der Waals surface area contributed by atoms with Crippen molar-refractivity contribution in [1.29, 1.82) is 0 Å². The van der Waals surface area contributed by atoms with E-state index in [0.717, 1.165) is 12.0 Å². The van der Waals surface area contributed by atoms with Crippen LogP contribution in [0, 0.1) is 5.92 Å². The average Bonchev–Trinajstić information content (AvgIpc) is 3.27. The predicted molar refractivity (Wildman–Crippen MR) is 123 cm³/mol. The lowest BCUT2D eigenvalue weighted by Crippen LogP contribution is -2.35. The average molecular weight is 438 g/mol. The molecule has 0 aliphatic rings. The molecular weight excluding hydrogens is 406 g/mol. The maximum absolute atomic E-state index is 12.8. The molecule has 0 bridgehead atoms. The molecule has 0 N–H and O–H groups in total. The molecule has 3 rings (SSSR count). The molecule has 0 unspecified atom stereocenters. The van der Waals surface area contributed by atoms with Crippen LogP contribution >= 0.6 is 0 Å². The number of rotatable bonds is 11. The molecule has 0 radical (unpaired) electrons. The first-order valence-electron chi connectivity index (χ1n) is 10.9. The summed E-state index contributed by atoms with van der Waals surface area (Å²) in [7, 11) is 3.18. The lowest BCUT2D eigenvalue weighted by atomic mass is 10.1. The van der Waals surface area contributed by atoms with Crippen molar-refractivity contribution in [2.24, 2.45) is 5.92 Å². The topological polar surface area (TPSA) is 77.7 Å². The summed E-state index contributed by atoms with van der Waals surface area (Å²) >= 11 is 0. The third-order valence-corrected chi connectivity index (χ3v) is 5.15. The number of aromatic nitrogens is 2. The molecule has 0 aliphatic heterocycles. The van der Waals surface area contributed by atoms with E-state index in [0.29, 0.717) is 55.1 Å². The van der Waals surface area contributed by atoms with Crippen LogP contribution in [0.3, 0.4) is 0 Å². The zero-order valence-electron chi connectivity index (χ0n) is 19.2. The zero-order valence-corrected chi connectivity index (χ0v) is 19.2. The number of hydrogen-bond donors (Lipinski definition) is 0. The van der Waals surface area contributed by atoms with Gasteiger partial charge in [0.15, 0.2) is 11.5 Å². The molecule has 0 atom stereocenters. The minimum absolute atomic E-state index is 0.149. The van der Waals surface area contributed by atoms with Gasteiger partial charge in [-0.05, 0) is 36.1 Å². The molecule has 1 amide bonds. The molecule has 1 aromatic heterocycles. The van der Waals surface area contributed by atoms with Crippen LogP contribution in [0.4, 0.5) is 0 Å². The monoisotopic (exact) mass is 437 g/mol. The van der Waals surface area contributed by atoms with Gasteiger partial charge in [0.05, 0.1) is 14.2 Å². The van der Waals surface area contributed by atoms with Crippen molar-refractivity contribution in [2.45, 2.75) is 33.1 Å². The van der Waals surface area contributed by atoms with Crippen molar-refractivity contribution in [3.63, 3.8) is 0 Å². The predicted octanol–water partition coefficient (Wildman–Crippen LogP) is 4.41. The summed E-state index contributed by atoms with van der Waals surface area (Å²) in [6, 6.07) is 15.7. The van der Waals surface area contributed by atoms with Gasteiger partial charge in [0.1, 0.15) is 0 Å². The Morgan fingerprint density at radius 1 is 1.00 bits per heavy atom. The van der Waals surface area contributed by atoms with E-state index < -0.39 is 0 Å². The zero-order chi connectivity index (χ0) is 22.9. The van der Waals surface area contributed by atoms with E-state index in [9.17, 15) is 4.79 Å². The fraction of sp³-hybridized carbons (Fsp3) is 0.400. The first kappa shape index (κ1) is 23.3. The maximum atomic E-state index is 12.8. The van der Waals surface area contributed by atoms with E-state index in [-0.39, 0.29) is 5.91 Å². The number of carbonyl (C=O) groups excluding carboxylic acids is 1. The first-order valence-corrected chi connectivity index (χ1v) is 10.9. The first-order chi connectivity index (χ1) is 15.5. The van der Waals surface area contributed by atoms with E-state index in [4.69, 9.17) is 14.0 Å². The standard InChI is InChI=1S/C25H31N3O4/c1-18(2)16-24(29)28(14-12-19-8-6-5-7-9-19)15-13-23-26-25(27-32-23)20-10-11-21(30-3)22(17-20)31-4/h5-11,17-18H,12-16H2,1-4H3. The lowest BCUT2D eigenvalue weighted by molar-refractivity contribution is -0.132. The van der Waals surface area contributed by atoms with Gasteiger partial charge in [-0.15, -0.1) is 0 Å². The smallest absolute Gasteiger partial charge is 0.228 e. The van der Waals surface area contributed by atoms with Crippen LogP contribution in [0.2, 0.25) is 0 Å². The van der Waals surface area contributed by atoms with Gasteiger partial charge in [-0.25, -0.2) is 0 Å². The largest absolute Gasteiger partial charge is 0.493 e. The molecular formula is C25H31N3O4. The number of nitrogens with zero attached hydrogens (tertiary/aromatic N) is 3. The Morgan fingerprint density at radius 3 is 2.41 bits per heavy atom. The number of benzene rings is 2. The highest BCUT2D eigenvalue weighted by Gasteiger charge is 2.17. The van der Waals surface area contributed by atoms with Crippen LogP contribution in [-0.4, -0.2) is 48.3 Å². The SMILES string of the molecule is COc1ccc(-c2noc(CCN(CCc3ccccc3)C(=O)CC(C)C)n2)cc1OC. The van der Waals surface area contributed by atoms with Gasteiger partial charge in [0.25, 0.3) is 0 Å². The van der Waals surface area contributed by atoms with Crippen LogP contribution in [0.15, 0.2) is 53.1 Å². The maximum Gasteiger partial charge on any atom is 0.228 e. The fourth-order valence-corrected chi connectivity index (χ4v) is 3.43. The quantitative estimate of drug-likeness (QED) is 0.442. The highest BCUT2D eigenvalue weighted by molar-refractivity contribution is 5.76. The number of hydrogen-bond acceptors (Lipinski definition) is 6. The van der Waals surface area contributed by atoms with Crippen molar-refractivity contribution in [3.8, 4) is 22.9 Å². The molecule has 32 heavy (non-hydrogen) atoms. The summed E-state index contributed by atoms with van der Waals surface area (Å²) in [5.41, 5.74) is 1.98. The van der Waals surface area contributed by atoms with Gasteiger partial charge in [0, 0.05) is 31.5 Å². The number of amides is 1. The van der Waals surface area contributed by atoms with Gasteiger partial charge in [-0.2, -0.15) is 4.98 Å². The molecule has 170 valence electrons. The van der Waals surface area contributed by atoms with Gasteiger partial charge < -0.3 is 18.9 Å². The van der Waals surface area contributed by atoms with Crippen LogP contribution < -0.4 is 9.47 Å². The summed E-state index contributed by atoms with van der Waals surface area (Å²) in [5, 5.41) is 4.10. The number of carbonyl (C=O) groups is 1. The van der Waals surface area contributed by atoms with Crippen molar-refractivity contribution in [1.82, 2.24) is 15.0 Å². The van der Waals surface area contributed by atoms with Gasteiger partial charge in [-0.1, -0.05) is 49.3 Å². The Hall–Kier alpha value is -3.35. The van der Waals surface area contributed by atoms with Crippen LogP contribution in [0.1, 0.15) is 31.7 Å². The Kier molecular flexibility index (Phi) is 8.25. The van der Waals surface area contributed by atoms with Crippen molar-refractivity contribution < 1.29 is 18.8 Å². The molecule has 7 heteroatoms. The summed E-state index contributed by atoms with van der Waals surface area (Å²) in [4.78, 5) is 19.2. The molecule has 0 saturated heterocycles. The summed E-state index contributed by atoms with van der Waals surface area (Å²) < 4.78 is 16.1. The normalized spacial score (nSPS) is 10.9. The fourth-order valence-electron chi connectivity index (χ4n) is 3.43.